The fourth-order valence-corrected chi connectivity index (χ4v) is 4.63. The number of thioether (sulfide) groups is 1. The Morgan fingerprint density at radius 3 is 2.22 bits per heavy atom. The van der Waals surface area contributed by atoms with E-state index in [9.17, 15) is 9.59 Å². The molecule has 174 valence electrons. The molecule has 1 atom stereocenters. The van der Waals surface area contributed by atoms with Crippen molar-refractivity contribution in [3.05, 3.63) is 63.6 Å². The van der Waals surface area contributed by atoms with E-state index >= 15 is 0 Å². The van der Waals surface area contributed by atoms with Crippen LogP contribution < -0.4 is 10.1 Å². The third kappa shape index (κ3) is 7.91. The van der Waals surface area contributed by atoms with Crippen molar-refractivity contribution in [2.75, 3.05) is 12.9 Å². The van der Waals surface area contributed by atoms with Crippen molar-refractivity contribution in [1.82, 2.24) is 10.2 Å². The summed E-state index contributed by atoms with van der Waals surface area (Å²) in [5, 5.41) is 4.11. The standard InChI is InChI=1S/C24H30Cl2N2O3S/c1-16(23(30)27-24(2,3)4)28(13-17-9-11-18(31-5)12-10-17)22(29)15-32-14-19-20(25)7-6-8-21(19)26/h6-12,16H,13-15H2,1-5H3,(H,27,30)/t16-/m1/s1. The number of halogens is 2. The van der Waals surface area contributed by atoms with E-state index in [1.807, 2.05) is 45.0 Å². The maximum Gasteiger partial charge on any atom is 0.242 e. The zero-order valence-electron chi connectivity index (χ0n) is 19.1. The van der Waals surface area contributed by atoms with Gasteiger partial charge in [0.2, 0.25) is 11.8 Å². The van der Waals surface area contributed by atoms with Crippen molar-refractivity contribution in [3.8, 4) is 5.75 Å². The van der Waals surface area contributed by atoms with Crippen LogP contribution in [-0.2, 0) is 21.9 Å². The molecular formula is C24H30Cl2N2O3S. The topological polar surface area (TPSA) is 58.6 Å². The highest BCUT2D eigenvalue weighted by molar-refractivity contribution is 7.99. The first-order chi connectivity index (χ1) is 15.0. The monoisotopic (exact) mass is 496 g/mol. The molecule has 0 unspecified atom stereocenters. The number of ether oxygens (including phenoxy) is 1. The molecule has 2 aromatic carbocycles. The molecule has 0 bridgehead atoms. The number of hydrogen-bond acceptors (Lipinski definition) is 4. The highest BCUT2D eigenvalue weighted by atomic mass is 35.5. The van der Waals surface area contributed by atoms with Crippen LogP contribution in [0.4, 0.5) is 0 Å². The van der Waals surface area contributed by atoms with E-state index < -0.39 is 11.6 Å². The van der Waals surface area contributed by atoms with Crippen molar-refractivity contribution >= 4 is 46.8 Å². The zero-order chi connectivity index (χ0) is 23.9. The average molecular weight is 497 g/mol. The summed E-state index contributed by atoms with van der Waals surface area (Å²) in [6, 6.07) is 12.2. The van der Waals surface area contributed by atoms with Gasteiger partial charge in [-0.15, -0.1) is 11.8 Å². The molecule has 0 aliphatic heterocycles. The van der Waals surface area contributed by atoms with Crippen LogP contribution in [-0.4, -0.2) is 41.2 Å². The highest BCUT2D eigenvalue weighted by Crippen LogP contribution is 2.28. The maximum atomic E-state index is 13.2. The SMILES string of the molecule is COc1ccc(CN(C(=O)CSCc2c(Cl)cccc2Cl)[C@H](C)C(=O)NC(C)(C)C)cc1. The van der Waals surface area contributed by atoms with E-state index in [1.165, 1.54) is 11.8 Å². The summed E-state index contributed by atoms with van der Waals surface area (Å²) in [7, 11) is 1.60. The van der Waals surface area contributed by atoms with Crippen molar-refractivity contribution < 1.29 is 14.3 Å². The molecule has 0 spiro atoms. The van der Waals surface area contributed by atoms with Gasteiger partial charge in [-0.2, -0.15) is 0 Å². The molecular weight excluding hydrogens is 467 g/mol. The second-order valence-corrected chi connectivity index (χ2v) is 10.3. The van der Waals surface area contributed by atoms with Crippen LogP contribution in [0.15, 0.2) is 42.5 Å². The van der Waals surface area contributed by atoms with Crippen LogP contribution in [0.1, 0.15) is 38.8 Å². The minimum Gasteiger partial charge on any atom is -0.497 e. The van der Waals surface area contributed by atoms with Crippen LogP contribution in [0.25, 0.3) is 0 Å². The van der Waals surface area contributed by atoms with Gasteiger partial charge in [-0.25, -0.2) is 0 Å². The molecule has 0 saturated carbocycles. The minimum atomic E-state index is -0.631. The van der Waals surface area contributed by atoms with Crippen LogP contribution in [0.2, 0.25) is 10.0 Å². The van der Waals surface area contributed by atoms with Gasteiger partial charge < -0.3 is 15.0 Å². The zero-order valence-corrected chi connectivity index (χ0v) is 21.4. The summed E-state index contributed by atoms with van der Waals surface area (Å²) < 4.78 is 5.21. The third-order valence-corrected chi connectivity index (χ3v) is 6.36. The Morgan fingerprint density at radius 2 is 1.69 bits per heavy atom. The summed E-state index contributed by atoms with van der Waals surface area (Å²) in [5.74, 6) is 1.11. The van der Waals surface area contributed by atoms with E-state index in [0.29, 0.717) is 22.3 Å². The van der Waals surface area contributed by atoms with Gasteiger partial charge in [0, 0.05) is 27.9 Å². The normalized spacial score (nSPS) is 12.2. The van der Waals surface area contributed by atoms with Gasteiger partial charge in [-0.05, 0) is 63.1 Å². The molecule has 2 amide bonds. The predicted octanol–water partition coefficient (Wildman–Crippen LogP) is 5.57. The Bertz CT molecular complexity index is 910. The van der Waals surface area contributed by atoms with Crippen molar-refractivity contribution in [2.24, 2.45) is 0 Å². The van der Waals surface area contributed by atoms with Crippen molar-refractivity contribution in [3.63, 3.8) is 0 Å². The summed E-state index contributed by atoms with van der Waals surface area (Å²) >= 11 is 13.9. The highest BCUT2D eigenvalue weighted by Gasteiger charge is 2.28. The molecule has 0 fully saturated rings. The van der Waals surface area contributed by atoms with Gasteiger partial charge in [-0.1, -0.05) is 41.4 Å². The molecule has 0 aliphatic rings. The van der Waals surface area contributed by atoms with E-state index in [-0.39, 0.29) is 17.6 Å². The van der Waals surface area contributed by atoms with Gasteiger partial charge in [0.25, 0.3) is 0 Å². The first-order valence-electron chi connectivity index (χ1n) is 10.3. The van der Waals surface area contributed by atoms with Crippen LogP contribution in [0.5, 0.6) is 5.75 Å². The Hall–Kier alpha value is -1.89. The number of carbonyl (C=O) groups is 2. The number of methoxy groups -OCH3 is 1. The van der Waals surface area contributed by atoms with Gasteiger partial charge >= 0.3 is 0 Å². The molecule has 32 heavy (non-hydrogen) atoms. The van der Waals surface area contributed by atoms with Gasteiger partial charge in [-0.3, -0.25) is 9.59 Å². The molecule has 0 saturated heterocycles. The van der Waals surface area contributed by atoms with E-state index in [1.54, 1.807) is 37.1 Å². The van der Waals surface area contributed by atoms with Crippen LogP contribution in [0.3, 0.4) is 0 Å². The molecule has 2 rings (SSSR count). The molecule has 2 aromatic rings. The average Bonchev–Trinajstić information content (AvgIpc) is 2.72. The molecule has 0 aliphatic carbocycles. The van der Waals surface area contributed by atoms with E-state index in [4.69, 9.17) is 27.9 Å². The summed E-state index contributed by atoms with van der Waals surface area (Å²) in [6.45, 7) is 7.80. The molecule has 1 N–H and O–H groups in total. The van der Waals surface area contributed by atoms with Gasteiger partial charge in [0.1, 0.15) is 11.8 Å². The van der Waals surface area contributed by atoms with Crippen molar-refractivity contribution in [2.45, 2.75) is 51.6 Å². The second-order valence-electron chi connectivity index (χ2n) is 8.48. The quantitative estimate of drug-likeness (QED) is 0.492. The fourth-order valence-electron chi connectivity index (χ4n) is 2.98. The molecule has 0 aromatic heterocycles. The van der Waals surface area contributed by atoms with E-state index in [2.05, 4.69) is 5.32 Å². The van der Waals surface area contributed by atoms with Crippen molar-refractivity contribution in [1.29, 1.82) is 0 Å². The summed E-state index contributed by atoms with van der Waals surface area (Å²) in [6.07, 6.45) is 0. The van der Waals surface area contributed by atoms with Gasteiger partial charge in [0.15, 0.2) is 0 Å². The minimum absolute atomic E-state index is 0.134. The molecule has 0 heterocycles. The number of amides is 2. The summed E-state index contributed by atoms with van der Waals surface area (Å²) in [4.78, 5) is 27.6. The second kappa shape index (κ2) is 11.8. The Labute approximate surface area is 204 Å². The lowest BCUT2D eigenvalue weighted by Gasteiger charge is -2.31. The maximum absolute atomic E-state index is 13.2. The van der Waals surface area contributed by atoms with Crippen LogP contribution >= 0.6 is 35.0 Å². The fraction of sp³-hybridized carbons (Fsp3) is 0.417. The summed E-state index contributed by atoms with van der Waals surface area (Å²) in [5.41, 5.74) is 1.32. The number of nitrogens with zero attached hydrogens (tertiary/aromatic N) is 1. The Balaban J connectivity index is 2.14. The number of carbonyl (C=O) groups excluding carboxylic acids is 2. The van der Waals surface area contributed by atoms with Crippen LogP contribution in [0, 0.1) is 0 Å². The lowest BCUT2D eigenvalue weighted by molar-refractivity contribution is -0.139. The smallest absolute Gasteiger partial charge is 0.242 e. The Morgan fingerprint density at radius 1 is 1.09 bits per heavy atom. The lowest BCUT2D eigenvalue weighted by Crippen LogP contribution is -2.52. The third-order valence-electron chi connectivity index (χ3n) is 4.71. The molecule has 8 heteroatoms. The largest absolute Gasteiger partial charge is 0.497 e. The predicted molar refractivity (Wildman–Crippen MR) is 134 cm³/mol. The number of nitrogens with one attached hydrogen (secondary N) is 1. The number of hydrogen-bond donors (Lipinski definition) is 1. The number of rotatable bonds is 9. The van der Waals surface area contributed by atoms with Gasteiger partial charge in [0.05, 0.1) is 12.9 Å². The Kier molecular flexibility index (Phi) is 9.74. The first kappa shape index (κ1) is 26.4. The molecule has 0 radical (unpaired) electrons. The number of benzene rings is 2. The first-order valence-corrected chi connectivity index (χ1v) is 12.2. The molecule has 5 nitrogen and oxygen atoms in total. The van der Waals surface area contributed by atoms with E-state index in [0.717, 1.165) is 16.9 Å². The lowest BCUT2D eigenvalue weighted by atomic mass is 10.1.